The first-order chi connectivity index (χ1) is 9.83. The molecule has 0 radical (unpaired) electrons. The molecule has 0 unspecified atom stereocenters. The highest BCUT2D eigenvalue weighted by Crippen LogP contribution is 2.23. The molecule has 0 fully saturated rings. The van der Waals surface area contributed by atoms with Crippen LogP contribution in [0.4, 0.5) is 10.1 Å². The van der Waals surface area contributed by atoms with Crippen LogP contribution in [0.1, 0.15) is 16.7 Å². The van der Waals surface area contributed by atoms with E-state index >= 15 is 0 Å². The number of hydrogen-bond acceptors (Lipinski definition) is 3. The van der Waals surface area contributed by atoms with Gasteiger partial charge in [-0.3, -0.25) is 4.72 Å². The Morgan fingerprint density at radius 1 is 1.14 bits per heavy atom. The highest BCUT2D eigenvalue weighted by Gasteiger charge is 2.18. The molecule has 0 amide bonds. The smallest absolute Gasteiger partial charge is 0.262 e. The Morgan fingerprint density at radius 2 is 1.86 bits per heavy atom. The quantitative estimate of drug-likeness (QED) is 0.947. The van der Waals surface area contributed by atoms with Gasteiger partial charge in [-0.1, -0.05) is 17.7 Å². The van der Waals surface area contributed by atoms with E-state index in [4.69, 9.17) is 5.26 Å². The van der Waals surface area contributed by atoms with Gasteiger partial charge < -0.3 is 0 Å². The van der Waals surface area contributed by atoms with Gasteiger partial charge in [0.25, 0.3) is 10.0 Å². The Hall–Kier alpha value is -2.39. The third-order valence-electron chi connectivity index (χ3n) is 2.97. The van der Waals surface area contributed by atoms with Gasteiger partial charge in [0.05, 0.1) is 16.1 Å². The second-order valence-corrected chi connectivity index (χ2v) is 6.33. The first-order valence-electron chi connectivity index (χ1n) is 6.13. The van der Waals surface area contributed by atoms with Crippen molar-refractivity contribution < 1.29 is 12.8 Å². The second-order valence-electron chi connectivity index (χ2n) is 4.68. The van der Waals surface area contributed by atoms with Gasteiger partial charge in [0.2, 0.25) is 0 Å². The average Bonchev–Trinajstić information content (AvgIpc) is 2.40. The van der Waals surface area contributed by atoms with Crippen molar-refractivity contribution in [1.29, 1.82) is 5.26 Å². The molecule has 0 bridgehead atoms. The fourth-order valence-electron chi connectivity index (χ4n) is 2.00. The monoisotopic (exact) mass is 304 g/mol. The molecule has 0 aliphatic carbocycles. The molecular weight excluding hydrogens is 291 g/mol. The minimum absolute atomic E-state index is 0.0545. The molecule has 2 aromatic rings. The molecule has 0 aromatic heterocycles. The van der Waals surface area contributed by atoms with Crippen LogP contribution in [0.25, 0.3) is 0 Å². The summed E-state index contributed by atoms with van der Waals surface area (Å²) in [6.07, 6.45) is 0. The highest BCUT2D eigenvalue weighted by molar-refractivity contribution is 7.92. The van der Waals surface area contributed by atoms with Crippen LogP contribution in [-0.2, 0) is 10.0 Å². The molecule has 0 heterocycles. The van der Waals surface area contributed by atoms with Crippen LogP contribution in [-0.4, -0.2) is 8.42 Å². The molecule has 0 saturated carbocycles. The summed E-state index contributed by atoms with van der Waals surface area (Å²) in [4.78, 5) is 0.126. The topological polar surface area (TPSA) is 70.0 Å². The predicted molar refractivity (Wildman–Crippen MR) is 77.8 cm³/mol. The van der Waals surface area contributed by atoms with Crippen LogP contribution in [0.3, 0.4) is 0 Å². The molecule has 2 aromatic carbocycles. The number of benzene rings is 2. The standard InChI is InChI=1S/C15H13FN2O2S/c1-10-3-6-15(11(2)7-10)21(19,20)18-14-5-4-13(16)8-12(14)9-17/h3-8,18H,1-2H3. The van der Waals surface area contributed by atoms with E-state index in [1.807, 2.05) is 6.92 Å². The minimum Gasteiger partial charge on any atom is -0.278 e. The second kappa shape index (κ2) is 5.54. The molecule has 0 aliphatic rings. The maximum atomic E-state index is 13.1. The zero-order valence-electron chi connectivity index (χ0n) is 11.5. The summed E-state index contributed by atoms with van der Waals surface area (Å²) in [5.41, 5.74) is 1.54. The first kappa shape index (κ1) is 15.0. The number of nitrogens with one attached hydrogen (secondary N) is 1. The molecule has 0 saturated heterocycles. The van der Waals surface area contributed by atoms with E-state index in [1.54, 1.807) is 25.1 Å². The number of anilines is 1. The normalized spacial score (nSPS) is 11.0. The third kappa shape index (κ3) is 3.20. The van der Waals surface area contributed by atoms with Crippen molar-refractivity contribution in [3.8, 4) is 6.07 Å². The summed E-state index contributed by atoms with van der Waals surface area (Å²) in [5.74, 6) is -0.596. The average molecular weight is 304 g/mol. The van der Waals surface area contributed by atoms with Crippen molar-refractivity contribution in [2.24, 2.45) is 0 Å². The summed E-state index contributed by atoms with van der Waals surface area (Å²) in [6.45, 7) is 3.56. The lowest BCUT2D eigenvalue weighted by Crippen LogP contribution is -2.15. The summed E-state index contributed by atoms with van der Waals surface area (Å²) in [5, 5.41) is 8.95. The zero-order valence-corrected chi connectivity index (χ0v) is 12.3. The lowest BCUT2D eigenvalue weighted by molar-refractivity contribution is 0.600. The van der Waals surface area contributed by atoms with Gasteiger partial charge in [-0.15, -0.1) is 0 Å². The van der Waals surface area contributed by atoms with E-state index in [9.17, 15) is 12.8 Å². The van der Waals surface area contributed by atoms with Gasteiger partial charge in [-0.25, -0.2) is 12.8 Å². The SMILES string of the molecule is Cc1ccc(S(=O)(=O)Nc2ccc(F)cc2C#N)c(C)c1. The van der Waals surface area contributed by atoms with Crippen molar-refractivity contribution in [1.82, 2.24) is 0 Å². The Kier molecular flexibility index (Phi) is 3.96. The lowest BCUT2D eigenvalue weighted by Gasteiger charge is -2.12. The molecule has 108 valence electrons. The van der Waals surface area contributed by atoms with Gasteiger partial charge in [-0.2, -0.15) is 5.26 Å². The zero-order chi connectivity index (χ0) is 15.6. The summed E-state index contributed by atoms with van der Waals surface area (Å²) >= 11 is 0. The molecule has 0 aliphatic heterocycles. The van der Waals surface area contributed by atoms with E-state index < -0.39 is 15.8 Å². The number of hydrogen-bond donors (Lipinski definition) is 1. The van der Waals surface area contributed by atoms with Crippen LogP contribution in [0.2, 0.25) is 0 Å². The Morgan fingerprint density at radius 3 is 2.48 bits per heavy atom. The number of rotatable bonds is 3. The van der Waals surface area contributed by atoms with Gasteiger partial charge in [0.15, 0.2) is 0 Å². The van der Waals surface area contributed by atoms with Crippen molar-refractivity contribution in [2.75, 3.05) is 4.72 Å². The maximum Gasteiger partial charge on any atom is 0.262 e. The fourth-order valence-corrected chi connectivity index (χ4v) is 3.31. The van der Waals surface area contributed by atoms with E-state index in [-0.39, 0.29) is 16.1 Å². The predicted octanol–water partition coefficient (Wildman–Crippen LogP) is 3.12. The number of nitriles is 1. The van der Waals surface area contributed by atoms with E-state index in [0.29, 0.717) is 5.56 Å². The molecule has 6 heteroatoms. The maximum absolute atomic E-state index is 13.1. The molecule has 4 nitrogen and oxygen atoms in total. The molecular formula is C15H13FN2O2S. The highest BCUT2D eigenvalue weighted by atomic mass is 32.2. The van der Waals surface area contributed by atoms with Crippen molar-refractivity contribution in [3.63, 3.8) is 0 Å². The van der Waals surface area contributed by atoms with E-state index in [1.165, 1.54) is 12.1 Å². The minimum atomic E-state index is -3.83. The molecule has 0 spiro atoms. The largest absolute Gasteiger partial charge is 0.278 e. The number of halogens is 1. The van der Waals surface area contributed by atoms with Crippen LogP contribution < -0.4 is 4.72 Å². The van der Waals surface area contributed by atoms with Crippen molar-refractivity contribution in [2.45, 2.75) is 18.7 Å². The van der Waals surface area contributed by atoms with Crippen LogP contribution in [0.15, 0.2) is 41.3 Å². The Labute approximate surface area is 122 Å². The number of sulfonamides is 1. The lowest BCUT2D eigenvalue weighted by atomic mass is 10.2. The van der Waals surface area contributed by atoms with E-state index in [2.05, 4.69) is 4.72 Å². The van der Waals surface area contributed by atoms with Crippen molar-refractivity contribution >= 4 is 15.7 Å². The van der Waals surface area contributed by atoms with Gasteiger partial charge >= 0.3 is 0 Å². The van der Waals surface area contributed by atoms with Crippen LogP contribution >= 0.6 is 0 Å². The number of aryl methyl sites for hydroxylation is 2. The summed E-state index contributed by atoms with van der Waals surface area (Å²) < 4.78 is 40.1. The van der Waals surface area contributed by atoms with Gasteiger partial charge in [-0.05, 0) is 43.7 Å². The van der Waals surface area contributed by atoms with Crippen LogP contribution in [0.5, 0.6) is 0 Å². The summed E-state index contributed by atoms with van der Waals surface area (Å²) in [7, 11) is -3.83. The Balaban J connectivity index is 2.45. The summed E-state index contributed by atoms with van der Waals surface area (Å²) in [6, 6.07) is 10.0. The molecule has 21 heavy (non-hydrogen) atoms. The van der Waals surface area contributed by atoms with Gasteiger partial charge in [0, 0.05) is 0 Å². The molecule has 1 N–H and O–H groups in total. The molecule has 0 atom stereocenters. The Bertz CT molecular complexity index is 839. The first-order valence-corrected chi connectivity index (χ1v) is 7.61. The van der Waals surface area contributed by atoms with E-state index in [0.717, 1.165) is 17.7 Å². The van der Waals surface area contributed by atoms with Crippen LogP contribution in [0, 0.1) is 31.0 Å². The van der Waals surface area contributed by atoms with Crippen molar-refractivity contribution in [3.05, 3.63) is 58.9 Å². The molecule has 2 rings (SSSR count). The fraction of sp³-hybridized carbons (Fsp3) is 0.133. The third-order valence-corrected chi connectivity index (χ3v) is 4.49. The van der Waals surface area contributed by atoms with Gasteiger partial charge in [0.1, 0.15) is 11.9 Å². The number of nitrogens with zero attached hydrogens (tertiary/aromatic N) is 1.